The van der Waals surface area contributed by atoms with Crippen molar-refractivity contribution < 1.29 is 49.2 Å². The minimum atomic E-state index is -0.859. The van der Waals surface area contributed by atoms with Crippen LogP contribution in [0.3, 0.4) is 0 Å². The molecule has 6 fully saturated rings. The van der Waals surface area contributed by atoms with E-state index >= 15 is 0 Å². The number of carboxylic acids is 4. The number of amides is 2. The van der Waals surface area contributed by atoms with Gasteiger partial charge in [-0.25, -0.2) is 9.59 Å². The number of nitrogens with zero attached hydrogens (tertiary/aromatic N) is 6. The summed E-state index contributed by atoms with van der Waals surface area (Å²) in [4.78, 5) is 81.6. The van der Waals surface area contributed by atoms with E-state index in [4.69, 9.17) is 20.4 Å². The fourth-order valence-electron chi connectivity index (χ4n) is 13.8. The Hall–Kier alpha value is -4.90. The molecule has 0 spiro atoms. The third kappa shape index (κ3) is 25.7. The normalized spacial score (nSPS) is 21.6. The second-order valence-corrected chi connectivity index (χ2v) is 30.8. The first-order valence-electron chi connectivity index (χ1n) is 32.8. The molecule has 0 bridgehead atoms. The summed E-state index contributed by atoms with van der Waals surface area (Å²) in [6.07, 6.45) is 14.8. The molecular formula is C70H114N6O10. The fourth-order valence-corrected chi connectivity index (χ4v) is 13.8. The van der Waals surface area contributed by atoms with Crippen LogP contribution in [0.5, 0.6) is 0 Å². The van der Waals surface area contributed by atoms with Gasteiger partial charge in [0.05, 0.1) is 36.1 Å². The Labute approximate surface area is 517 Å². The summed E-state index contributed by atoms with van der Waals surface area (Å²) in [7, 11) is 0. The average molecular weight is 1200 g/mol. The van der Waals surface area contributed by atoms with E-state index in [0.29, 0.717) is 97.7 Å². The average Bonchev–Trinajstić information content (AvgIpc) is 3.13. The highest BCUT2D eigenvalue weighted by atomic mass is 16.4. The second kappa shape index (κ2) is 33.1. The largest absolute Gasteiger partial charge is 0.481 e. The molecule has 6 aliphatic heterocycles. The molecule has 2 amide bonds. The van der Waals surface area contributed by atoms with Crippen LogP contribution in [0.2, 0.25) is 0 Å². The van der Waals surface area contributed by atoms with Gasteiger partial charge in [-0.05, 0) is 210 Å². The highest BCUT2D eigenvalue weighted by molar-refractivity contribution is 5.88. The Bertz CT molecular complexity index is 2420. The number of benzene rings is 2. The van der Waals surface area contributed by atoms with Gasteiger partial charge in [0.25, 0.3) is 0 Å². The van der Waals surface area contributed by atoms with Gasteiger partial charge in [0.2, 0.25) is 11.8 Å². The molecule has 2 aromatic rings. The van der Waals surface area contributed by atoms with Crippen LogP contribution in [0.4, 0.5) is 0 Å². The van der Waals surface area contributed by atoms with Gasteiger partial charge in [-0.1, -0.05) is 107 Å². The van der Waals surface area contributed by atoms with Gasteiger partial charge >= 0.3 is 23.9 Å². The molecule has 0 aliphatic carbocycles. The highest BCUT2D eigenvalue weighted by Crippen LogP contribution is 2.36. The van der Waals surface area contributed by atoms with E-state index in [1.807, 2.05) is 34.1 Å². The summed E-state index contributed by atoms with van der Waals surface area (Å²) in [6, 6.07) is 14.6. The molecule has 8 rings (SSSR count). The summed E-state index contributed by atoms with van der Waals surface area (Å²) in [5.74, 6) is -0.314. The number of piperidine rings is 6. The molecule has 16 heteroatoms. The van der Waals surface area contributed by atoms with E-state index in [1.54, 1.807) is 24.3 Å². The van der Waals surface area contributed by atoms with Gasteiger partial charge in [0, 0.05) is 52.4 Å². The number of likely N-dealkylation sites (tertiary alicyclic amines) is 6. The van der Waals surface area contributed by atoms with E-state index < -0.39 is 23.9 Å². The van der Waals surface area contributed by atoms with Crippen molar-refractivity contribution in [2.24, 2.45) is 57.2 Å². The Morgan fingerprint density at radius 1 is 0.395 bits per heavy atom. The lowest BCUT2D eigenvalue weighted by molar-refractivity contribution is -0.146. The van der Waals surface area contributed by atoms with Crippen molar-refractivity contribution in [3.8, 4) is 0 Å². The van der Waals surface area contributed by atoms with E-state index in [1.165, 1.54) is 62.5 Å². The Kier molecular flexibility index (Phi) is 27.6. The molecule has 2 atom stereocenters. The van der Waals surface area contributed by atoms with Crippen molar-refractivity contribution in [1.29, 1.82) is 0 Å². The first-order chi connectivity index (χ1) is 40.2. The van der Waals surface area contributed by atoms with Crippen LogP contribution < -0.4 is 0 Å². The van der Waals surface area contributed by atoms with Crippen LogP contribution in [-0.2, 0) is 32.3 Å². The summed E-state index contributed by atoms with van der Waals surface area (Å²) < 4.78 is 0. The molecular weight excluding hydrogens is 1080 g/mol. The lowest BCUT2D eigenvalue weighted by Crippen LogP contribution is -2.47. The van der Waals surface area contributed by atoms with E-state index in [2.05, 4.69) is 103 Å². The van der Waals surface area contributed by atoms with Gasteiger partial charge in [-0.3, -0.25) is 38.8 Å². The lowest BCUT2D eigenvalue weighted by atomic mass is 9.75. The number of aliphatic carboxylic acids is 2. The summed E-state index contributed by atoms with van der Waals surface area (Å²) in [5.41, 5.74) is 4.64. The number of hydrogen-bond donors (Lipinski definition) is 4. The molecule has 6 heterocycles. The molecule has 2 aromatic carbocycles. The van der Waals surface area contributed by atoms with E-state index in [-0.39, 0.29) is 23.7 Å². The van der Waals surface area contributed by atoms with Crippen LogP contribution >= 0.6 is 0 Å². The number of hydrogen-bond acceptors (Lipinski definition) is 10. The summed E-state index contributed by atoms with van der Waals surface area (Å²) in [6.45, 7) is 41.5. The van der Waals surface area contributed by atoms with Gasteiger partial charge in [0.15, 0.2) is 0 Å². The maximum atomic E-state index is 12.4. The van der Waals surface area contributed by atoms with Crippen LogP contribution in [0, 0.1) is 57.2 Å². The van der Waals surface area contributed by atoms with Crippen LogP contribution in [0.15, 0.2) is 48.5 Å². The fraction of sp³-hybridized carbons (Fsp3) is 0.743. The maximum Gasteiger partial charge on any atom is 0.335 e. The topological polar surface area (TPSA) is 203 Å². The lowest BCUT2D eigenvalue weighted by Gasteiger charge is -2.39. The van der Waals surface area contributed by atoms with Gasteiger partial charge in [0.1, 0.15) is 0 Å². The first-order valence-corrected chi connectivity index (χ1v) is 32.8. The number of rotatable bonds is 14. The van der Waals surface area contributed by atoms with Crippen molar-refractivity contribution in [3.63, 3.8) is 0 Å². The van der Waals surface area contributed by atoms with Crippen molar-refractivity contribution >= 4 is 35.7 Å². The third-order valence-corrected chi connectivity index (χ3v) is 19.0. The monoisotopic (exact) mass is 1200 g/mol. The predicted octanol–water partition coefficient (Wildman–Crippen LogP) is 12.2. The van der Waals surface area contributed by atoms with Crippen LogP contribution in [-0.4, -0.2) is 177 Å². The minimum absolute atomic E-state index is 0.165. The molecule has 86 heavy (non-hydrogen) atoms. The third-order valence-electron chi connectivity index (χ3n) is 19.0. The van der Waals surface area contributed by atoms with E-state index in [9.17, 15) is 28.8 Å². The van der Waals surface area contributed by atoms with Crippen molar-refractivity contribution in [2.45, 2.75) is 186 Å². The minimum Gasteiger partial charge on any atom is -0.481 e. The number of carboxylic acid groups (broad SMARTS) is 4. The van der Waals surface area contributed by atoms with Crippen molar-refractivity contribution in [2.75, 3.05) is 91.6 Å². The SMILES string of the molecule is CC(C)(C)C1CCCN(Cc2ccc(C(=O)O)cc2)C1.CC(C)(C)C1CCN(CC(=O)N2CCC(C(=O)O)CC2)CC1.CC(C)(C)CC1CCCN(Cc2ccc(C(=O)O)cc2)C1.CC(C)(C)CC1CCN(CC(=O)N2CCC(C(=O)O)CC2)CC1. The standard InChI is InChI=1S/C18H32N2O3.C18H27NO2.C17H30N2O3.C17H25NO2/c1-18(2,3)12-14-4-8-19(9-5-14)13-16(21)20-10-6-15(7-11-20)17(22)23;1-18(2,3)11-15-5-4-10-19(13-15)12-14-6-8-16(9-7-14)17(20)21;1-17(2,3)14-6-8-18(9-7-14)12-15(20)19-10-4-13(5-11-19)16(21)22;1-17(2,3)15-5-4-10-18(12-15)11-13-6-8-14(9-7-13)16(19)20/h14-15H,4-13H2,1-3H3,(H,22,23);6-9,15H,4-5,10-13H2,1-3H3,(H,20,21);13-14H,4-12H2,1-3H3,(H,21,22);6-9,15H,4-5,10-12H2,1-3H3,(H,19,20). The molecule has 0 saturated carbocycles. The molecule has 6 aliphatic rings. The summed E-state index contributed by atoms with van der Waals surface area (Å²) in [5, 5.41) is 35.9. The van der Waals surface area contributed by atoms with Gasteiger partial charge in [-0.15, -0.1) is 0 Å². The predicted molar refractivity (Wildman–Crippen MR) is 342 cm³/mol. The quantitative estimate of drug-likeness (QED) is 0.139. The summed E-state index contributed by atoms with van der Waals surface area (Å²) >= 11 is 0. The van der Waals surface area contributed by atoms with E-state index in [0.717, 1.165) is 102 Å². The number of carbonyl (C=O) groups is 6. The molecule has 2 unspecified atom stereocenters. The Morgan fingerprint density at radius 3 is 1.12 bits per heavy atom. The molecule has 0 radical (unpaired) electrons. The zero-order chi connectivity index (χ0) is 63.6. The number of aromatic carboxylic acids is 2. The highest BCUT2D eigenvalue weighted by Gasteiger charge is 2.34. The smallest absolute Gasteiger partial charge is 0.335 e. The zero-order valence-electron chi connectivity index (χ0n) is 55.2. The van der Waals surface area contributed by atoms with Crippen LogP contribution in [0.25, 0.3) is 0 Å². The van der Waals surface area contributed by atoms with Crippen molar-refractivity contribution in [3.05, 3.63) is 70.8 Å². The Morgan fingerprint density at radius 2 is 0.756 bits per heavy atom. The van der Waals surface area contributed by atoms with Crippen LogP contribution in [0.1, 0.15) is 205 Å². The molecule has 4 N–H and O–H groups in total. The second-order valence-electron chi connectivity index (χ2n) is 30.8. The Balaban J connectivity index is 0.000000210. The zero-order valence-corrected chi connectivity index (χ0v) is 55.2. The maximum absolute atomic E-state index is 12.4. The number of carbonyl (C=O) groups excluding carboxylic acids is 2. The molecule has 16 nitrogen and oxygen atoms in total. The van der Waals surface area contributed by atoms with Gasteiger partial charge in [-0.2, -0.15) is 0 Å². The first kappa shape index (κ1) is 71.8. The molecule has 484 valence electrons. The van der Waals surface area contributed by atoms with Gasteiger partial charge < -0.3 is 30.2 Å². The molecule has 6 saturated heterocycles. The molecule has 0 aromatic heterocycles. The van der Waals surface area contributed by atoms with Crippen molar-refractivity contribution in [1.82, 2.24) is 29.4 Å².